The molecule has 2 aliphatic rings. The van der Waals surface area contributed by atoms with Crippen molar-refractivity contribution in [3.05, 3.63) is 59.9 Å². The number of amides is 1. The highest BCUT2D eigenvalue weighted by Gasteiger charge is 2.30. The van der Waals surface area contributed by atoms with Gasteiger partial charge in [-0.15, -0.1) is 0 Å². The molecule has 1 amide bonds. The molecule has 142 valence electrons. The third kappa shape index (κ3) is 4.48. The lowest BCUT2D eigenvalue weighted by Crippen LogP contribution is -2.40. The third-order valence-corrected chi connectivity index (χ3v) is 5.61. The van der Waals surface area contributed by atoms with E-state index in [4.69, 9.17) is 4.74 Å². The first kappa shape index (κ1) is 18.0. The van der Waals surface area contributed by atoms with Gasteiger partial charge in [-0.2, -0.15) is 0 Å². The number of piperidine rings is 1. The minimum Gasteiger partial charge on any atom is -0.379 e. The van der Waals surface area contributed by atoms with Crippen LogP contribution in [0.25, 0.3) is 0 Å². The normalized spacial score (nSPS) is 22.6. The summed E-state index contributed by atoms with van der Waals surface area (Å²) in [5.74, 6) is 0.277. The number of carbonyl (C=O) groups excluding carboxylic acids is 1. The summed E-state index contributed by atoms with van der Waals surface area (Å²) in [6, 6.07) is 12.1. The van der Waals surface area contributed by atoms with Crippen molar-refractivity contribution < 1.29 is 9.53 Å². The van der Waals surface area contributed by atoms with Crippen LogP contribution in [-0.4, -0.2) is 43.2 Å². The molecule has 27 heavy (non-hydrogen) atoms. The van der Waals surface area contributed by atoms with Crippen molar-refractivity contribution in [2.75, 3.05) is 31.2 Å². The maximum atomic E-state index is 12.7. The highest BCUT2D eigenvalue weighted by atomic mass is 16.5. The second-order valence-electron chi connectivity index (χ2n) is 7.53. The van der Waals surface area contributed by atoms with E-state index < -0.39 is 0 Å². The van der Waals surface area contributed by atoms with Crippen molar-refractivity contribution >= 4 is 11.6 Å². The van der Waals surface area contributed by atoms with Crippen LogP contribution in [0.2, 0.25) is 0 Å². The van der Waals surface area contributed by atoms with Gasteiger partial charge in [-0.3, -0.25) is 9.78 Å². The zero-order chi connectivity index (χ0) is 18.5. The molecule has 2 aromatic rings. The first-order chi connectivity index (χ1) is 13.3. The Bertz CT molecular complexity index is 742. The highest BCUT2D eigenvalue weighted by Crippen LogP contribution is 2.22. The summed E-state index contributed by atoms with van der Waals surface area (Å²) >= 11 is 0. The Hall–Kier alpha value is -2.40. The molecule has 0 saturated carbocycles. The van der Waals surface area contributed by atoms with Gasteiger partial charge in [-0.1, -0.05) is 0 Å². The van der Waals surface area contributed by atoms with Gasteiger partial charge in [-0.05, 0) is 67.6 Å². The molecule has 1 N–H and O–H groups in total. The lowest BCUT2D eigenvalue weighted by Gasteiger charge is -2.28. The van der Waals surface area contributed by atoms with Gasteiger partial charge < -0.3 is 15.0 Å². The molecule has 2 aliphatic heterocycles. The molecular weight excluding hydrogens is 338 g/mol. The Morgan fingerprint density at radius 2 is 1.78 bits per heavy atom. The van der Waals surface area contributed by atoms with Crippen molar-refractivity contribution in [3.63, 3.8) is 0 Å². The molecule has 0 unspecified atom stereocenters. The topological polar surface area (TPSA) is 54.5 Å². The second kappa shape index (κ2) is 8.53. The van der Waals surface area contributed by atoms with Crippen LogP contribution in [0, 0.1) is 5.92 Å². The summed E-state index contributed by atoms with van der Waals surface area (Å²) in [6.45, 7) is 3.48. The molecule has 5 heteroatoms. The van der Waals surface area contributed by atoms with Crippen LogP contribution >= 0.6 is 0 Å². The van der Waals surface area contributed by atoms with E-state index in [9.17, 15) is 4.79 Å². The second-order valence-corrected chi connectivity index (χ2v) is 7.53. The molecule has 2 saturated heterocycles. The monoisotopic (exact) mass is 365 g/mol. The van der Waals surface area contributed by atoms with E-state index in [2.05, 4.69) is 27.3 Å². The Labute approximate surface area is 160 Å². The maximum absolute atomic E-state index is 12.7. The molecule has 4 rings (SSSR count). The molecule has 0 bridgehead atoms. The fraction of sp³-hybridized carbons (Fsp3) is 0.455. The van der Waals surface area contributed by atoms with Crippen molar-refractivity contribution in [2.24, 2.45) is 5.92 Å². The molecule has 1 aromatic carbocycles. The first-order valence-electron chi connectivity index (χ1n) is 9.92. The molecule has 0 aliphatic carbocycles. The van der Waals surface area contributed by atoms with Gasteiger partial charge in [0, 0.05) is 42.7 Å². The third-order valence-electron chi connectivity index (χ3n) is 5.61. The van der Waals surface area contributed by atoms with Gasteiger partial charge >= 0.3 is 0 Å². The van der Waals surface area contributed by atoms with Crippen LogP contribution < -0.4 is 10.2 Å². The van der Waals surface area contributed by atoms with Crippen molar-refractivity contribution in [1.82, 2.24) is 10.3 Å². The minimum absolute atomic E-state index is 0.0181. The zero-order valence-electron chi connectivity index (χ0n) is 15.6. The van der Waals surface area contributed by atoms with Gasteiger partial charge in [0.05, 0.1) is 19.3 Å². The first-order valence-corrected chi connectivity index (χ1v) is 9.92. The number of benzene rings is 1. The molecule has 5 nitrogen and oxygen atoms in total. The fourth-order valence-electron chi connectivity index (χ4n) is 4.01. The number of nitrogens with one attached hydrogen (secondary N) is 1. The van der Waals surface area contributed by atoms with E-state index in [1.807, 2.05) is 36.7 Å². The predicted octanol–water partition coefficient (Wildman–Crippen LogP) is 3.06. The van der Waals surface area contributed by atoms with Crippen LogP contribution in [0.1, 0.15) is 35.2 Å². The minimum atomic E-state index is -0.0181. The van der Waals surface area contributed by atoms with Crippen molar-refractivity contribution in [3.8, 4) is 0 Å². The maximum Gasteiger partial charge on any atom is 0.251 e. The summed E-state index contributed by atoms with van der Waals surface area (Å²) in [5.41, 5.74) is 3.15. The number of pyridine rings is 1. The Morgan fingerprint density at radius 3 is 2.52 bits per heavy atom. The number of anilines is 1. The SMILES string of the molecule is O=C(N[C@@H]1COC[C@H]1Cc1ccncc1)c1ccc(N2CCCCC2)cc1. The number of rotatable bonds is 5. The van der Waals surface area contributed by atoms with Gasteiger partial charge in [0.25, 0.3) is 5.91 Å². The van der Waals surface area contributed by atoms with E-state index in [1.54, 1.807) is 0 Å². The summed E-state index contributed by atoms with van der Waals surface area (Å²) < 4.78 is 5.64. The number of hydrogen-bond donors (Lipinski definition) is 1. The number of carbonyl (C=O) groups is 1. The Balaban J connectivity index is 1.36. The summed E-state index contributed by atoms with van der Waals surface area (Å²) in [7, 11) is 0. The molecular formula is C22H27N3O2. The van der Waals surface area contributed by atoms with Crippen LogP contribution in [-0.2, 0) is 11.2 Å². The fourth-order valence-corrected chi connectivity index (χ4v) is 4.01. The lowest BCUT2D eigenvalue weighted by atomic mass is 9.95. The molecule has 2 atom stereocenters. The Morgan fingerprint density at radius 1 is 1.04 bits per heavy atom. The standard InChI is InChI=1S/C22H27N3O2/c26-22(18-4-6-20(7-5-18)25-12-2-1-3-13-25)24-21-16-27-15-19(21)14-17-8-10-23-11-9-17/h4-11,19,21H,1-3,12-16H2,(H,24,26)/t19-,21-/m1/s1. The van der Waals surface area contributed by atoms with Gasteiger partial charge in [0.1, 0.15) is 0 Å². The van der Waals surface area contributed by atoms with Crippen LogP contribution in [0.3, 0.4) is 0 Å². The summed E-state index contributed by atoms with van der Waals surface area (Å²) in [6.07, 6.45) is 8.33. The van der Waals surface area contributed by atoms with Crippen molar-refractivity contribution in [1.29, 1.82) is 0 Å². The van der Waals surface area contributed by atoms with Crippen molar-refractivity contribution in [2.45, 2.75) is 31.7 Å². The molecule has 0 radical (unpaired) electrons. The van der Waals surface area contributed by atoms with E-state index in [0.29, 0.717) is 24.7 Å². The Kier molecular flexibility index (Phi) is 5.68. The number of ether oxygens (including phenoxy) is 1. The van der Waals surface area contributed by atoms with Gasteiger partial charge in [0.15, 0.2) is 0 Å². The van der Waals surface area contributed by atoms with Crippen LogP contribution in [0.15, 0.2) is 48.8 Å². The van der Waals surface area contributed by atoms with E-state index in [-0.39, 0.29) is 11.9 Å². The average molecular weight is 365 g/mol. The predicted molar refractivity (Wildman–Crippen MR) is 106 cm³/mol. The van der Waals surface area contributed by atoms with E-state index >= 15 is 0 Å². The number of hydrogen-bond acceptors (Lipinski definition) is 4. The smallest absolute Gasteiger partial charge is 0.251 e. The van der Waals surface area contributed by atoms with Gasteiger partial charge in [-0.25, -0.2) is 0 Å². The largest absolute Gasteiger partial charge is 0.379 e. The summed E-state index contributed by atoms with van der Waals surface area (Å²) in [4.78, 5) is 19.2. The number of aromatic nitrogens is 1. The summed E-state index contributed by atoms with van der Waals surface area (Å²) in [5, 5.41) is 3.17. The van der Waals surface area contributed by atoms with Crippen LogP contribution in [0.4, 0.5) is 5.69 Å². The molecule has 3 heterocycles. The van der Waals surface area contributed by atoms with Crippen LogP contribution in [0.5, 0.6) is 0 Å². The van der Waals surface area contributed by atoms with E-state index in [1.165, 1.54) is 30.5 Å². The zero-order valence-corrected chi connectivity index (χ0v) is 15.6. The molecule has 2 fully saturated rings. The average Bonchev–Trinajstić information content (AvgIpc) is 3.16. The lowest BCUT2D eigenvalue weighted by molar-refractivity contribution is 0.0925. The van der Waals surface area contributed by atoms with Gasteiger partial charge in [0.2, 0.25) is 0 Å². The highest BCUT2D eigenvalue weighted by molar-refractivity contribution is 5.94. The van der Waals surface area contributed by atoms with E-state index in [0.717, 1.165) is 19.5 Å². The number of nitrogens with zero attached hydrogens (tertiary/aromatic N) is 2. The molecule has 1 aromatic heterocycles. The molecule has 0 spiro atoms. The quantitative estimate of drug-likeness (QED) is 0.885.